The molecule has 0 amide bonds. The molecule has 0 N–H and O–H groups in total. The van der Waals surface area contributed by atoms with Crippen LogP contribution in [-0.2, 0) is 9.59 Å². The fraction of sp³-hybridized carbons (Fsp3) is 0.647. The Balaban J connectivity index is 3.66. The van der Waals surface area contributed by atoms with E-state index >= 15 is 0 Å². The average Bonchev–Trinajstić information content (AvgIpc) is 2.40. The van der Waals surface area contributed by atoms with Gasteiger partial charge in [0.1, 0.15) is 11.6 Å². The number of nitrogens with zero attached hydrogens (tertiary/aromatic N) is 2. The van der Waals surface area contributed by atoms with Crippen LogP contribution in [0.4, 0.5) is 0 Å². The molecule has 0 spiro atoms. The van der Waals surface area contributed by atoms with E-state index in [-0.39, 0.29) is 11.8 Å². The molecule has 1 rings (SSSR count). The highest BCUT2D eigenvalue weighted by Crippen LogP contribution is 2.41. The van der Waals surface area contributed by atoms with Gasteiger partial charge in [-0.25, -0.2) is 9.59 Å². The Hall–Kier alpha value is -1.76. The number of hydrogen-bond donors (Lipinski definition) is 0. The van der Waals surface area contributed by atoms with Gasteiger partial charge >= 0.3 is 0 Å². The highest BCUT2D eigenvalue weighted by Gasteiger charge is 2.45. The molecule has 4 nitrogen and oxygen atoms in total. The topological polar surface area (TPSA) is 58.9 Å². The summed E-state index contributed by atoms with van der Waals surface area (Å²) in [5, 5.41) is 0. The molecule has 0 fully saturated rings. The minimum absolute atomic E-state index is 0.0113. The van der Waals surface area contributed by atoms with Crippen LogP contribution in [0.25, 0.3) is 0 Å². The Bertz CT molecular complexity index is 545. The lowest BCUT2D eigenvalue weighted by molar-refractivity contribution is 0.326. The lowest BCUT2D eigenvalue weighted by atomic mass is 9.69. The van der Waals surface area contributed by atoms with E-state index in [2.05, 4.69) is 43.8 Å². The second-order valence-corrected chi connectivity index (χ2v) is 6.47. The predicted octanol–water partition coefficient (Wildman–Crippen LogP) is 3.60. The van der Waals surface area contributed by atoms with Gasteiger partial charge in [-0.2, -0.15) is 9.98 Å². The lowest BCUT2D eigenvalue weighted by Gasteiger charge is -2.40. The fourth-order valence-electron chi connectivity index (χ4n) is 2.76. The molecule has 2 atom stereocenters. The second kappa shape index (κ2) is 6.80. The highest BCUT2D eigenvalue weighted by atomic mass is 16.1. The second-order valence-electron chi connectivity index (χ2n) is 6.47. The molecule has 0 bridgehead atoms. The van der Waals surface area contributed by atoms with Crippen molar-refractivity contribution in [1.29, 1.82) is 0 Å². The summed E-state index contributed by atoms with van der Waals surface area (Å²) in [6.45, 7) is 12.3. The van der Waals surface area contributed by atoms with Crippen LogP contribution in [0, 0.1) is 17.8 Å². The van der Waals surface area contributed by atoms with E-state index in [0.717, 1.165) is 11.1 Å². The average molecular weight is 288 g/mol. The van der Waals surface area contributed by atoms with E-state index in [4.69, 9.17) is 0 Å². The monoisotopic (exact) mass is 288 g/mol. The Morgan fingerprint density at radius 3 is 2.05 bits per heavy atom. The standard InChI is InChI=1S/C17H24N2O2/c1-11(2)14-7-15(12(3)4)16(18-9-20)17(8-14,13(5)6)19-10-21/h7-8,11-13,16H,1-6H3. The van der Waals surface area contributed by atoms with Gasteiger partial charge in [-0.1, -0.05) is 47.6 Å². The van der Waals surface area contributed by atoms with E-state index in [0.29, 0.717) is 5.92 Å². The van der Waals surface area contributed by atoms with Crippen LogP contribution in [0.1, 0.15) is 41.5 Å². The maximum atomic E-state index is 11.0. The van der Waals surface area contributed by atoms with Gasteiger partial charge < -0.3 is 0 Å². The van der Waals surface area contributed by atoms with Gasteiger partial charge in [0.25, 0.3) is 0 Å². The zero-order valence-corrected chi connectivity index (χ0v) is 13.7. The summed E-state index contributed by atoms with van der Waals surface area (Å²) in [6, 6.07) is -0.487. The summed E-state index contributed by atoms with van der Waals surface area (Å²) in [6.07, 6.45) is 7.39. The molecule has 0 saturated carbocycles. The minimum atomic E-state index is -0.854. The molecule has 21 heavy (non-hydrogen) atoms. The summed E-state index contributed by atoms with van der Waals surface area (Å²) in [4.78, 5) is 30.0. The highest BCUT2D eigenvalue weighted by molar-refractivity contribution is 5.49. The molecule has 0 aromatic carbocycles. The zero-order chi connectivity index (χ0) is 16.2. The molecule has 0 aromatic heterocycles. The number of aliphatic imine (C=N–C) groups is 2. The van der Waals surface area contributed by atoms with E-state index < -0.39 is 11.6 Å². The van der Waals surface area contributed by atoms with Gasteiger partial charge in [-0.3, -0.25) is 0 Å². The van der Waals surface area contributed by atoms with E-state index in [9.17, 15) is 9.59 Å². The number of allylic oxidation sites excluding steroid dienone is 2. The first-order chi connectivity index (χ1) is 9.80. The van der Waals surface area contributed by atoms with Gasteiger partial charge in [-0.15, -0.1) is 0 Å². The third-order valence-electron chi connectivity index (χ3n) is 4.16. The molecular formula is C17H24N2O2. The zero-order valence-electron chi connectivity index (χ0n) is 13.7. The van der Waals surface area contributed by atoms with Gasteiger partial charge in [-0.05, 0) is 35.0 Å². The minimum Gasteiger partial charge on any atom is -0.211 e. The Labute approximate surface area is 126 Å². The molecular weight excluding hydrogens is 264 g/mol. The van der Waals surface area contributed by atoms with Crippen LogP contribution >= 0.6 is 0 Å². The normalized spacial score (nSPS) is 25.3. The molecule has 114 valence electrons. The van der Waals surface area contributed by atoms with Gasteiger partial charge in [0.2, 0.25) is 12.2 Å². The van der Waals surface area contributed by atoms with Crippen molar-refractivity contribution >= 4 is 12.2 Å². The summed E-state index contributed by atoms with van der Waals surface area (Å²) in [5.41, 5.74) is 1.27. The molecule has 1 aliphatic rings. The van der Waals surface area contributed by atoms with Crippen LogP contribution in [0.5, 0.6) is 0 Å². The van der Waals surface area contributed by atoms with Crippen molar-refractivity contribution in [2.45, 2.75) is 53.1 Å². The number of rotatable bonds is 5. The number of isocyanates is 2. The SMILES string of the molecule is CC(C)C1=CC(N=C=O)(C(C)C)C(N=C=O)C(C(C)C)=C1. The van der Waals surface area contributed by atoms with E-state index in [1.165, 1.54) is 0 Å². The lowest BCUT2D eigenvalue weighted by Crippen LogP contribution is -2.46. The number of hydrogen-bond acceptors (Lipinski definition) is 4. The van der Waals surface area contributed by atoms with Crippen molar-refractivity contribution in [2.24, 2.45) is 27.7 Å². The summed E-state index contributed by atoms with van der Waals surface area (Å²) in [5.74, 6) is 0.520. The predicted molar refractivity (Wildman–Crippen MR) is 83.4 cm³/mol. The van der Waals surface area contributed by atoms with Crippen molar-refractivity contribution in [3.8, 4) is 0 Å². The molecule has 0 aliphatic heterocycles. The molecule has 2 unspecified atom stereocenters. The van der Waals surface area contributed by atoms with Crippen molar-refractivity contribution in [1.82, 2.24) is 0 Å². The summed E-state index contributed by atoms with van der Waals surface area (Å²) >= 11 is 0. The van der Waals surface area contributed by atoms with Crippen LogP contribution in [0.3, 0.4) is 0 Å². The maximum absolute atomic E-state index is 11.0. The van der Waals surface area contributed by atoms with Crippen LogP contribution < -0.4 is 0 Å². The van der Waals surface area contributed by atoms with E-state index in [1.807, 2.05) is 19.9 Å². The molecule has 0 heterocycles. The third kappa shape index (κ3) is 3.29. The Morgan fingerprint density at radius 2 is 1.67 bits per heavy atom. The van der Waals surface area contributed by atoms with Crippen molar-refractivity contribution < 1.29 is 9.59 Å². The summed E-state index contributed by atoms with van der Waals surface area (Å²) < 4.78 is 0. The first-order valence-electron chi connectivity index (χ1n) is 7.40. The van der Waals surface area contributed by atoms with Crippen LogP contribution in [0.15, 0.2) is 33.3 Å². The van der Waals surface area contributed by atoms with Gasteiger partial charge in [0.15, 0.2) is 0 Å². The molecule has 0 aromatic rings. The fourth-order valence-corrected chi connectivity index (χ4v) is 2.76. The Morgan fingerprint density at radius 1 is 1.05 bits per heavy atom. The van der Waals surface area contributed by atoms with Gasteiger partial charge in [0, 0.05) is 0 Å². The summed E-state index contributed by atoms with van der Waals surface area (Å²) in [7, 11) is 0. The molecule has 0 radical (unpaired) electrons. The molecule has 1 aliphatic carbocycles. The quantitative estimate of drug-likeness (QED) is 0.573. The third-order valence-corrected chi connectivity index (χ3v) is 4.16. The molecule has 4 heteroatoms. The number of carbonyl (C=O) groups excluding carboxylic acids is 2. The first-order valence-corrected chi connectivity index (χ1v) is 7.40. The van der Waals surface area contributed by atoms with Crippen LogP contribution in [0.2, 0.25) is 0 Å². The Kier molecular flexibility index (Phi) is 5.60. The van der Waals surface area contributed by atoms with Crippen molar-refractivity contribution in [2.75, 3.05) is 0 Å². The van der Waals surface area contributed by atoms with E-state index in [1.54, 1.807) is 12.2 Å². The largest absolute Gasteiger partial charge is 0.235 e. The van der Waals surface area contributed by atoms with Crippen LogP contribution in [-0.4, -0.2) is 23.7 Å². The molecule has 0 saturated heterocycles. The maximum Gasteiger partial charge on any atom is 0.235 e. The van der Waals surface area contributed by atoms with Crippen molar-refractivity contribution in [3.05, 3.63) is 23.3 Å². The smallest absolute Gasteiger partial charge is 0.211 e. The first kappa shape index (κ1) is 17.3. The van der Waals surface area contributed by atoms with Gasteiger partial charge in [0.05, 0.1) is 0 Å². The van der Waals surface area contributed by atoms with Crippen molar-refractivity contribution in [3.63, 3.8) is 0 Å².